The quantitative estimate of drug-likeness (QED) is 0.665. The Hall–Kier alpha value is -2.48. The second-order valence-corrected chi connectivity index (χ2v) is 5.15. The van der Waals surface area contributed by atoms with Crippen LogP contribution in [0.25, 0.3) is 5.65 Å². The van der Waals surface area contributed by atoms with Gasteiger partial charge in [0.15, 0.2) is 0 Å². The second-order valence-electron chi connectivity index (χ2n) is 5.15. The van der Waals surface area contributed by atoms with Gasteiger partial charge >= 0.3 is 11.2 Å². The smallest absolute Gasteiger partial charge is 0.376 e. The van der Waals surface area contributed by atoms with Gasteiger partial charge in [0, 0.05) is 19.3 Å². The normalized spacial score (nSPS) is 17.7. The first kappa shape index (κ1) is 14.5. The van der Waals surface area contributed by atoms with E-state index in [9.17, 15) is 14.9 Å². The Balaban J connectivity index is 1.88. The molecule has 0 bridgehead atoms. The van der Waals surface area contributed by atoms with Crippen LogP contribution in [-0.2, 0) is 4.74 Å². The molecule has 3 rings (SSSR count). The van der Waals surface area contributed by atoms with E-state index in [2.05, 4.69) is 10.3 Å². The van der Waals surface area contributed by atoms with Crippen molar-refractivity contribution in [2.75, 3.05) is 18.5 Å². The highest BCUT2D eigenvalue weighted by atomic mass is 16.6. The molecule has 1 aliphatic rings. The third-order valence-corrected chi connectivity index (χ3v) is 3.68. The third kappa shape index (κ3) is 2.77. The first-order valence-electron chi connectivity index (χ1n) is 7.18. The number of ether oxygens (including phenoxy) is 1. The predicted molar refractivity (Wildman–Crippen MR) is 80.2 cm³/mol. The van der Waals surface area contributed by atoms with Crippen LogP contribution in [-0.4, -0.2) is 33.6 Å². The summed E-state index contributed by atoms with van der Waals surface area (Å²) < 4.78 is 6.67. The lowest BCUT2D eigenvalue weighted by Crippen LogP contribution is -2.22. The van der Waals surface area contributed by atoms with Gasteiger partial charge < -0.3 is 10.1 Å². The van der Waals surface area contributed by atoms with Gasteiger partial charge in [-0.25, -0.2) is 4.98 Å². The zero-order valence-corrected chi connectivity index (χ0v) is 11.9. The number of rotatable bonds is 5. The van der Waals surface area contributed by atoms with Crippen LogP contribution in [0.4, 0.5) is 11.5 Å². The number of anilines is 1. The molecule has 2 aromatic rings. The highest BCUT2D eigenvalue weighted by Gasteiger charge is 2.23. The van der Waals surface area contributed by atoms with Crippen molar-refractivity contribution in [1.29, 1.82) is 0 Å². The molecular weight excluding hydrogens is 288 g/mol. The van der Waals surface area contributed by atoms with E-state index < -0.39 is 16.2 Å². The fraction of sp³-hybridized carbons (Fsp3) is 0.429. The van der Waals surface area contributed by atoms with Gasteiger partial charge in [0.2, 0.25) is 5.82 Å². The molecule has 1 aliphatic heterocycles. The summed E-state index contributed by atoms with van der Waals surface area (Å²) in [5.41, 5.74) is -0.844. The summed E-state index contributed by atoms with van der Waals surface area (Å²) in [7, 11) is 0. The Kier molecular flexibility index (Phi) is 4.01. The summed E-state index contributed by atoms with van der Waals surface area (Å²) >= 11 is 0. The summed E-state index contributed by atoms with van der Waals surface area (Å²) in [6, 6.07) is 4.99. The summed E-state index contributed by atoms with van der Waals surface area (Å²) in [6.45, 7) is 1.24. The maximum absolute atomic E-state index is 12.2. The molecule has 1 N–H and O–H groups in total. The van der Waals surface area contributed by atoms with E-state index in [4.69, 9.17) is 4.74 Å². The Morgan fingerprint density at radius 2 is 2.36 bits per heavy atom. The predicted octanol–water partition coefficient (Wildman–Crippen LogP) is 1.58. The summed E-state index contributed by atoms with van der Waals surface area (Å²) in [6.07, 6.45) is 4.41. The molecule has 8 nitrogen and oxygen atoms in total. The van der Waals surface area contributed by atoms with Crippen LogP contribution in [0.3, 0.4) is 0 Å². The summed E-state index contributed by atoms with van der Waals surface area (Å²) in [4.78, 5) is 26.9. The van der Waals surface area contributed by atoms with Crippen LogP contribution in [0.15, 0.2) is 29.2 Å². The van der Waals surface area contributed by atoms with Gasteiger partial charge in [0.05, 0.1) is 11.0 Å². The number of aromatic nitrogens is 2. The van der Waals surface area contributed by atoms with E-state index >= 15 is 0 Å². The van der Waals surface area contributed by atoms with Crippen LogP contribution >= 0.6 is 0 Å². The number of fused-ring (bicyclic) bond motifs is 1. The van der Waals surface area contributed by atoms with E-state index in [0.29, 0.717) is 12.2 Å². The van der Waals surface area contributed by atoms with Crippen molar-refractivity contribution in [2.24, 2.45) is 0 Å². The van der Waals surface area contributed by atoms with Crippen LogP contribution in [0, 0.1) is 10.1 Å². The second kappa shape index (κ2) is 6.10. The molecule has 0 saturated carbocycles. The molecule has 22 heavy (non-hydrogen) atoms. The Morgan fingerprint density at radius 3 is 3.09 bits per heavy atom. The van der Waals surface area contributed by atoms with Crippen LogP contribution < -0.4 is 10.9 Å². The lowest BCUT2D eigenvalue weighted by Gasteiger charge is -2.11. The lowest BCUT2D eigenvalue weighted by atomic mass is 10.2. The maximum atomic E-state index is 12.2. The summed E-state index contributed by atoms with van der Waals surface area (Å²) in [5.74, 6) is 0.0131. The van der Waals surface area contributed by atoms with E-state index in [1.807, 2.05) is 0 Å². The van der Waals surface area contributed by atoms with Gasteiger partial charge in [-0.1, -0.05) is 6.07 Å². The lowest BCUT2D eigenvalue weighted by molar-refractivity contribution is -0.385. The van der Waals surface area contributed by atoms with Crippen molar-refractivity contribution in [3.63, 3.8) is 0 Å². The zero-order valence-electron chi connectivity index (χ0n) is 11.9. The molecule has 1 atom stereocenters. The number of hydrogen-bond donors (Lipinski definition) is 1. The van der Waals surface area contributed by atoms with E-state index in [0.717, 1.165) is 25.9 Å². The van der Waals surface area contributed by atoms with E-state index in [1.54, 1.807) is 18.2 Å². The molecule has 1 fully saturated rings. The minimum absolute atomic E-state index is 0.0131. The van der Waals surface area contributed by atoms with Gasteiger partial charge in [-0.15, -0.1) is 0 Å². The largest absolute Gasteiger partial charge is 0.378 e. The van der Waals surface area contributed by atoms with Crippen molar-refractivity contribution in [3.05, 3.63) is 44.9 Å². The topological polar surface area (TPSA) is 98.8 Å². The first-order chi connectivity index (χ1) is 10.7. The molecule has 2 aromatic heterocycles. The van der Waals surface area contributed by atoms with Gasteiger partial charge in [0.25, 0.3) is 0 Å². The highest BCUT2D eigenvalue weighted by molar-refractivity contribution is 5.59. The molecular formula is C14H16N4O4. The van der Waals surface area contributed by atoms with Gasteiger partial charge in [-0.3, -0.25) is 19.3 Å². The standard InChI is InChI=1S/C14H16N4O4/c19-14-12(18(20)21)13(15-7-6-10-4-3-9-22-10)16-11-5-1-2-8-17(11)14/h1-2,5,8,10,15H,3-4,6-7,9H2. The minimum Gasteiger partial charge on any atom is -0.378 e. The van der Waals surface area contributed by atoms with Gasteiger partial charge in [-0.2, -0.15) is 0 Å². The Bertz CT molecular complexity index is 752. The van der Waals surface area contributed by atoms with E-state index in [1.165, 1.54) is 10.6 Å². The minimum atomic E-state index is -0.691. The Labute approximate surface area is 125 Å². The number of nitro groups is 1. The summed E-state index contributed by atoms with van der Waals surface area (Å²) in [5, 5.41) is 14.1. The molecule has 8 heteroatoms. The average molecular weight is 304 g/mol. The molecule has 0 amide bonds. The zero-order chi connectivity index (χ0) is 15.5. The van der Waals surface area contributed by atoms with Crippen LogP contribution in [0.5, 0.6) is 0 Å². The number of nitrogens with one attached hydrogen (secondary N) is 1. The molecule has 3 heterocycles. The fourth-order valence-corrected chi connectivity index (χ4v) is 2.59. The molecule has 1 saturated heterocycles. The number of pyridine rings is 1. The molecule has 0 radical (unpaired) electrons. The van der Waals surface area contributed by atoms with Crippen LogP contribution in [0.2, 0.25) is 0 Å². The Morgan fingerprint density at radius 1 is 1.50 bits per heavy atom. The van der Waals surface area contributed by atoms with Crippen molar-refractivity contribution < 1.29 is 9.66 Å². The van der Waals surface area contributed by atoms with Crippen molar-refractivity contribution in [2.45, 2.75) is 25.4 Å². The SMILES string of the molecule is O=c1c([N+](=O)[O-])c(NCCC2CCCO2)nc2ccccn12. The highest BCUT2D eigenvalue weighted by Crippen LogP contribution is 2.19. The van der Waals surface area contributed by atoms with Gasteiger partial charge in [0.1, 0.15) is 5.65 Å². The molecule has 1 unspecified atom stereocenters. The van der Waals surface area contributed by atoms with Crippen LogP contribution in [0.1, 0.15) is 19.3 Å². The molecule has 0 aromatic carbocycles. The molecule has 0 aliphatic carbocycles. The number of hydrogen-bond acceptors (Lipinski definition) is 6. The molecule has 116 valence electrons. The maximum Gasteiger partial charge on any atom is 0.376 e. The molecule has 0 spiro atoms. The number of nitrogens with zero attached hydrogens (tertiary/aromatic N) is 3. The average Bonchev–Trinajstić information content (AvgIpc) is 3.00. The fourth-order valence-electron chi connectivity index (χ4n) is 2.59. The van der Waals surface area contributed by atoms with Crippen molar-refractivity contribution in [1.82, 2.24) is 9.38 Å². The van der Waals surface area contributed by atoms with E-state index in [-0.39, 0.29) is 11.9 Å². The third-order valence-electron chi connectivity index (χ3n) is 3.68. The first-order valence-corrected chi connectivity index (χ1v) is 7.18. The van der Waals surface area contributed by atoms with Gasteiger partial charge in [-0.05, 0) is 31.4 Å². The van der Waals surface area contributed by atoms with Crippen molar-refractivity contribution in [3.8, 4) is 0 Å². The monoisotopic (exact) mass is 304 g/mol. The van der Waals surface area contributed by atoms with Crippen molar-refractivity contribution >= 4 is 17.2 Å².